The third-order valence-corrected chi connectivity index (χ3v) is 10.1. The first-order chi connectivity index (χ1) is 15.8. The number of fused-ring (bicyclic) bond motifs is 1. The molecule has 0 unspecified atom stereocenters. The Bertz CT molecular complexity index is 731. The van der Waals surface area contributed by atoms with Crippen LogP contribution in [0.15, 0.2) is 36.4 Å². The largest absolute Gasteiger partial charge is 0.494 e. The van der Waals surface area contributed by atoms with E-state index in [0.29, 0.717) is 0 Å². The second kappa shape index (κ2) is 19.7. The summed E-state index contributed by atoms with van der Waals surface area (Å²) in [6.45, 7) is 1.51. The maximum atomic E-state index is 6.12. The van der Waals surface area contributed by atoms with Gasteiger partial charge < -0.3 is 9.47 Å². The Kier molecular flexibility index (Phi) is 17.6. The first-order valence-electron chi connectivity index (χ1n) is 11.2. The Labute approximate surface area is 222 Å². The molecule has 0 saturated heterocycles. The topological polar surface area (TPSA) is 18.5 Å². The number of rotatable bonds is 20. The lowest BCUT2D eigenvalue weighted by molar-refractivity contribution is 0.316. The van der Waals surface area contributed by atoms with Gasteiger partial charge in [-0.25, -0.2) is 0 Å². The standard InChI is InChI=1S/C24H36O2S6/c27-10-14-31-18-16-29-12-2-8-25-22-7-6-21-4-1-5-24(23(21)20-22)26-9-3-13-30-17-19-32-15-11-28/h1,4-7,20,27-28H,2-3,8-19H2. The molecule has 0 saturated carbocycles. The normalized spacial score (nSPS) is 11.2. The molecule has 0 atom stereocenters. The smallest absolute Gasteiger partial charge is 0.127 e. The molecular weight excluding hydrogens is 513 g/mol. The van der Waals surface area contributed by atoms with Crippen LogP contribution in [0.2, 0.25) is 0 Å². The van der Waals surface area contributed by atoms with E-state index in [9.17, 15) is 0 Å². The Morgan fingerprint density at radius 2 is 1.22 bits per heavy atom. The third kappa shape index (κ3) is 12.7. The molecule has 180 valence electrons. The zero-order chi connectivity index (χ0) is 22.7. The predicted octanol–water partition coefficient (Wildman–Crippen LogP) is 7.17. The summed E-state index contributed by atoms with van der Waals surface area (Å²) in [5.74, 6) is 13.3. The van der Waals surface area contributed by atoms with Crippen molar-refractivity contribution in [3.8, 4) is 11.5 Å². The molecule has 0 bridgehead atoms. The van der Waals surface area contributed by atoms with Crippen LogP contribution in [0.3, 0.4) is 0 Å². The average Bonchev–Trinajstić information content (AvgIpc) is 2.82. The molecule has 32 heavy (non-hydrogen) atoms. The van der Waals surface area contributed by atoms with E-state index in [1.54, 1.807) is 0 Å². The van der Waals surface area contributed by atoms with Gasteiger partial charge in [0.1, 0.15) is 11.5 Å². The van der Waals surface area contributed by atoms with Crippen LogP contribution in [-0.4, -0.2) is 70.7 Å². The highest BCUT2D eigenvalue weighted by atomic mass is 32.2. The van der Waals surface area contributed by atoms with Crippen molar-refractivity contribution in [3.63, 3.8) is 0 Å². The molecule has 0 amide bonds. The average molecular weight is 549 g/mol. The first-order valence-corrected chi connectivity index (χ1v) is 17.0. The molecule has 0 heterocycles. The van der Waals surface area contributed by atoms with E-state index in [4.69, 9.17) is 9.47 Å². The number of thioether (sulfide) groups is 4. The maximum absolute atomic E-state index is 6.12. The van der Waals surface area contributed by atoms with Gasteiger partial charge in [-0.3, -0.25) is 0 Å². The Balaban J connectivity index is 1.67. The molecule has 0 aliphatic heterocycles. The number of hydrogen-bond donors (Lipinski definition) is 2. The Morgan fingerprint density at radius 3 is 1.84 bits per heavy atom. The molecular formula is C24H36O2S6. The second-order valence-electron chi connectivity index (χ2n) is 6.94. The van der Waals surface area contributed by atoms with E-state index < -0.39 is 0 Å². The summed E-state index contributed by atoms with van der Waals surface area (Å²) in [7, 11) is 0. The van der Waals surface area contributed by atoms with Gasteiger partial charge in [-0.2, -0.15) is 72.3 Å². The molecule has 0 aromatic heterocycles. The van der Waals surface area contributed by atoms with Gasteiger partial charge in [0, 0.05) is 39.9 Å². The van der Waals surface area contributed by atoms with Crippen molar-refractivity contribution in [3.05, 3.63) is 36.4 Å². The molecule has 0 aliphatic rings. The fourth-order valence-electron chi connectivity index (χ4n) is 2.91. The van der Waals surface area contributed by atoms with Crippen molar-refractivity contribution in [1.29, 1.82) is 0 Å². The van der Waals surface area contributed by atoms with E-state index in [2.05, 4.69) is 61.7 Å². The molecule has 0 radical (unpaired) electrons. The van der Waals surface area contributed by atoms with Crippen LogP contribution in [0.25, 0.3) is 10.8 Å². The van der Waals surface area contributed by atoms with Crippen molar-refractivity contribution in [2.75, 3.05) is 70.7 Å². The van der Waals surface area contributed by atoms with Crippen LogP contribution < -0.4 is 9.47 Å². The summed E-state index contributed by atoms with van der Waals surface area (Å²) in [6, 6.07) is 12.6. The van der Waals surface area contributed by atoms with Gasteiger partial charge in [-0.15, -0.1) is 0 Å². The van der Waals surface area contributed by atoms with Crippen LogP contribution in [0.4, 0.5) is 0 Å². The zero-order valence-corrected chi connectivity index (χ0v) is 23.8. The fraction of sp³-hybridized carbons (Fsp3) is 0.583. The van der Waals surface area contributed by atoms with Crippen molar-refractivity contribution in [2.45, 2.75) is 12.8 Å². The summed E-state index contributed by atoms with van der Waals surface area (Å²) in [5.41, 5.74) is 0. The van der Waals surface area contributed by atoms with E-state index in [1.807, 2.05) is 47.0 Å². The van der Waals surface area contributed by atoms with E-state index in [0.717, 1.165) is 77.5 Å². The molecule has 0 fully saturated rings. The monoisotopic (exact) mass is 548 g/mol. The minimum absolute atomic E-state index is 0.754. The van der Waals surface area contributed by atoms with Gasteiger partial charge in [-0.05, 0) is 59.4 Å². The Morgan fingerprint density at radius 1 is 0.625 bits per heavy atom. The van der Waals surface area contributed by atoms with E-state index >= 15 is 0 Å². The number of ether oxygens (including phenoxy) is 2. The second-order valence-corrected chi connectivity index (χ2v) is 12.7. The fourth-order valence-corrected chi connectivity index (χ4v) is 7.28. The van der Waals surface area contributed by atoms with Crippen LogP contribution in [0.1, 0.15) is 12.8 Å². The highest BCUT2D eigenvalue weighted by Gasteiger charge is 2.05. The van der Waals surface area contributed by atoms with Crippen molar-refractivity contribution in [1.82, 2.24) is 0 Å². The third-order valence-electron chi connectivity index (χ3n) is 4.42. The molecule has 0 spiro atoms. The number of hydrogen-bond acceptors (Lipinski definition) is 8. The lowest BCUT2D eigenvalue weighted by Gasteiger charge is -2.12. The van der Waals surface area contributed by atoms with Gasteiger partial charge in [0.2, 0.25) is 0 Å². The lowest BCUT2D eigenvalue weighted by Crippen LogP contribution is -2.01. The van der Waals surface area contributed by atoms with Gasteiger partial charge in [0.05, 0.1) is 13.2 Å². The van der Waals surface area contributed by atoms with Crippen molar-refractivity contribution in [2.24, 2.45) is 0 Å². The van der Waals surface area contributed by atoms with Crippen LogP contribution >= 0.6 is 72.3 Å². The first kappa shape index (κ1) is 28.6. The molecule has 0 N–H and O–H groups in total. The Hall–Kier alpha value is 0.400. The van der Waals surface area contributed by atoms with Gasteiger partial charge >= 0.3 is 0 Å². The molecule has 2 aromatic carbocycles. The summed E-state index contributed by atoms with van der Waals surface area (Å²) in [5, 5.41) is 2.33. The minimum Gasteiger partial charge on any atom is -0.494 e. The van der Waals surface area contributed by atoms with Crippen LogP contribution in [0.5, 0.6) is 11.5 Å². The molecule has 0 aliphatic carbocycles. The van der Waals surface area contributed by atoms with Crippen molar-refractivity contribution >= 4 is 83.1 Å². The van der Waals surface area contributed by atoms with Gasteiger partial charge in [0.15, 0.2) is 0 Å². The zero-order valence-electron chi connectivity index (χ0n) is 18.7. The number of benzene rings is 2. The molecule has 2 rings (SSSR count). The molecule has 8 heteroatoms. The van der Waals surface area contributed by atoms with Gasteiger partial charge in [0.25, 0.3) is 0 Å². The minimum atomic E-state index is 0.754. The van der Waals surface area contributed by atoms with Gasteiger partial charge in [-0.1, -0.05) is 18.2 Å². The molecule has 2 aromatic rings. The van der Waals surface area contributed by atoms with E-state index in [1.165, 1.54) is 28.4 Å². The summed E-state index contributed by atoms with van der Waals surface area (Å²) in [4.78, 5) is 0. The summed E-state index contributed by atoms with van der Waals surface area (Å²) < 4.78 is 12.1. The highest BCUT2D eigenvalue weighted by molar-refractivity contribution is 8.03. The van der Waals surface area contributed by atoms with Crippen molar-refractivity contribution < 1.29 is 9.47 Å². The predicted molar refractivity (Wildman–Crippen MR) is 161 cm³/mol. The highest BCUT2D eigenvalue weighted by Crippen LogP contribution is 2.29. The van der Waals surface area contributed by atoms with Crippen LogP contribution in [-0.2, 0) is 0 Å². The SMILES string of the molecule is SCCSCCSCCCOc1ccc2cccc(OCCCSCCSCCS)c2c1. The summed E-state index contributed by atoms with van der Waals surface area (Å²) >= 11 is 16.5. The quantitative estimate of drug-likeness (QED) is 0.134. The van der Waals surface area contributed by atoms with E-state index in [-0.39, 0.29) is 0 Å². The molecule has 2 nitrogen and oxygen atoms in total. The summed E-state index contributed by atoms with van der Waals surface area (Å²) in [6.07, 6.45) is 2.14. The lowest BCUT2D eigenvalue weighted by atomic mass is 10.1. The number of thiol groups is 2. The van der Waals surface area contributed by atoms with Crippen LogP contribution in [0, 0.1) is 0 Å². The maximum Gasteiger partial charge on any atom is 0.127 e.